The first kappa shape index (κ1) is 11.7. The van der Waals surface area contributed by atoms with Gasteiger partial charge in [0.15, 0.2) is 0 Å². The second-order valence-corrected chi connectivity index (χ2v) is 4.02. The zero-order valence-corrected chi connectivity index (χ0v) is 9.58. The maximum atomic E-state index is 7.21. The highest BCUT2D eigenvalue weighted by Gasteiger charge is 2.01. The average molecular weight is 206 g/mol. The van der Waals surface area contributed by atoms with Crippen LogP contribution >= 0.6 is 0 Å². The molecular weight excluding hydrogens is 188 g/mol. The zero-order chi connectivity index (χ0) is 11.3. The van der Waals surface area contributed by atoms with E-state index < -0.39 is 0 Å². The third kappa shape index (κ3) is 3.70. The minimum absolute atomic E-state index is 0.644. The van der Waals surface area contributed by atoms with Crippen LogP contribution in [0.1, 0.15) is 31.5 Å². The maximum absolute atomic E-state index is 7.21. The third-order valence-corrected chi connectivity index (χ3v) is 2.22. The summed E-state index contributed by atoms with van der Waals surface area (Å²) in [7, 11) is 0. The lowest BCUT2D eigenvalue weighted by molar-refractivity contribution is 0.288. The fraction of sp³-hybridized carbons (Fsp3) is 0.500. The molecule has 0 aliphatic carbocycles. The molecule has 1 heterocycles. The highest BCUT2D eigenvalue weighted by Crippen LogP contribution is 2.14. The molecule has 0 aliphatic heterocycles. The van der Waals surface area contributed by atoms with Crippen molar-refractivity contribution in [3.05, 3.63) is 23.5 Å². The van der Waals surface area contributed by atoms with Crippen molar-refractivity contribution in [2.45, 2.75) is 27.2 Å². The van der Waals surface area contributed by atoms with Gasteiger partial charge in [0.25, 0.3) is 0 Å². The van der Waals surface area contributed by atoms with E-state index in [4.69, 9.17) is 10.1 Å². The zero-order valence-electron chi connectivity index (χ0n) is 9.58. The molecule has 0 unspecified atom stereocenters. The van der Waals surface area contributed by atoms with Gasteiger partial charge in [0.2, 0.25) is 0 Å². The van der Waals surface area contributed by atoms with Gasteiger partial charge in [-0.15, -0.1) is 0 Å². The molecule has 82 valence electrons. The molecule has 0 bridgehead atoms. The predicted octanol–water partition coefficient (Wildman–Crippen LogP) is 2.81. The van der Waals surface area contributed by atoms with Gasteiger partial charge in [-0.25, -0.2) is 0 Å². The highest BCUT2D eigenvalue weighted by molar-refractivity contribution is 5.78. The normalized spacial score (nSPS) is 10.4. The van der Waals surface area contributed by atoms with Crippen LogP contribution < -0.4 is 4.74 Å². The Labute approximate surface area is 91.0 Å². The molecule has 0 saturated carbocycles. The number of ether oxygens (including phenoxy) is 1. The van der Waals surface area contributed by atoms with Gasteiger partial charge < -0.3 is 10.1 Å². The Morgan fingerprint density at radius 1 is 1.53 bits per heavy atom. The van der Waals surface area contributed by atoms with E-state index in [1.54, 1.807) is 6.20 Å². The number of aromatic nitrogens is 1. The molecule has 1 aromatic rings. The van der Waals surface area contributed by atoms with E-state index in [1.807, 2.05) is 13.0 Å². The molecule has 1 aromatic heterocycles. The van der Waals surface area contributed by atoms with Crippen molar-refractivity contribution in [2.75, 3.05) is 6.61 Å². The summed E-state index contributed by atoms with van der Waals surface area (Å²) < 4.78 is 5.55. The molecule has 1 N–H and O–H groups in total. The molecule has 0 amide bonds. The molecule has 3 nitrogen and oxygen atoms in total. The van der Waals surface area contributed by atoms with Crippen LogP contribution in [0.4, 0.5) is 0 Å². The summed E-state index contributed by atoms with van der Waals surface area (Å²) in [5, 5.41) is 7.21. The Morgan fingerprint density at radius 3 is 2.87 bits per heavy atom. The van der Waals surface area contributed by atoms with E-state index in [0.717, 1.165) is 23.4 Å². The molecule has 0 atom stereocenters. The van der Waals surface area contributed by atoms with Crippen molar-refractivity contribution in [1.29, 1.82) is 5.41 Å². The van der Waals surface area contributed by atoms with Gasteiger partial charge in [0.05, 0.1) is 12.8 Å². The van der Waals surface area contributed by atoms with Gasteiger partial charge >= 0.3 is 0 Å². The molecule has 0 spiro atoms. The van der Waals surface area contributed by atoms with E-state index >= 15 is 0 Å². The fourth-order valence-corrected chi connectivity index (χ4v) is 1.17. The van der Waals surface area contributed by atoms with Gasteiger partial charge in [-0.3, -0.25) is 4.98 Å². The summed E-state index contributed by atoms with van der Waals surface area (Å²) in [6.07, 6.45) is 4.05. The van der Waals surface area contributed by atoms with E-state index in [0.29, 0.717) is 12.5 Å². The van der Waals surface area contributed by atoms with Crippen LogP contribution in [0.15, 0.2) is 12.3 Å². The van der Waals surface area contributed by atoms with Crippen molar-refractivity contribution in [3.8, 4) is 5.75 Å². The van der Waals surface area contributed by atoms with Gasteiger partial charge in [-0.1, -0.05) is 13.8 Å². The second-order valence-electron chi connectivity index (χ2n) is 4.02. The standard InChI is InChI=1S/C12H18N2O/c1-9(2)4-5-15-12-6-11(7-13)10(3)14-8-12/h6-9,13H,4-5H2,1-3H3. The summed E-state index contributed by atoms with van der Waals surface area (Å²) in [6.45, 7) is 6.93. The van der Waals surface area contributed by atoms with Crippen LogP contribution in [0.2, 0.25) is 0 Å². The number of pyridine rings is 1. The minimum atomic E-state index is 0.644. The molecule has 15 heavy (non-hydrogen) atoms. The smallest absolute Gasteiger partial charge is 0.138 e. The van der Waals surface area contributed by atoms with E-state index in [-0.39, 0.29) is 0 Å². The van der Waals surface area contributed by atoms with Crippen molar-refractivity contribution in [1.82, 2.24) is 4.98 Å². The number of hydrogen-bond donors (Lipinski definition) is 1. The lowest BCUT2D eigenvalue weighted by Crippen LogP contribution is -2.02. The van der Waals surface area contributed by atoms with Gasteiger partial charge in [0.1, 0.15) is 5.75 Å². The largest absolute Gasteiger partial charge is 0.492 e. The van der Waals surface area contributed by atoms with Crippen LogP contribution in [0.25, 0.3) is 0 Å². The maximum Gasteiger partial charge on any atom is 0.138 e. The number of hydrogen-bond acceptors (Lipinski definition) is 3. The lowest BCUT2D eigenvalue weighted by atomic mass is 10.1. The first-order valence-corrected chi connectivity index (χ1v) is 5.23. The molecule has 1 rings (SSSR count). The Kier molecular flexibility index (Phi) is 4.28. The van der Waals surface area contributed by atoms with Crippen molar-refractivity contribution in [3.63, 3.8) is 0 Å². The number of nitrogens with one attached hydrogen (secondary N) is 1. The summed E-state index contributed by atoms with van der Waals surface area (Å²) in [4.78, 5) is 4.17. The van der Waals surface area contributed by atoms with E-state index in [9.17, 15) is 0 Å². The lowest BCUT2D eigenvalue weighted by Gasteiger charge is -2.08. The molecule has 0 fully saturated rings. The SMILES string of the molecule is Cc1ncc(OCCC(C)C)cc1C=N. The van der Waals surface area contributed by atoms with Crippen LogP contribution in [-0.4, -0.2) is 17.8 Å². The summed E-state index contributed by atoms with van der Waals surface area (Å²) in [5.41, 5.74) is 1.68. The molecule has 0 aliphatic rings. The van der Waals surface area contributed by atoms with Crippen LogP contribution in [0.3, 0.4) is 0 Å². The second kappa shape index (κ2) is 5.49. The minimum Gasteiger partial charge on any atom is -0.492 e. The van der Waals surface area contributed by atoms with Crippen molar-refractivity contribution in [2.24, 2.45) is 5.92 Å². The van der Waals surface area contributed by atoms with Crippen molar-refractivity contribution >= 4 is 6.21 Å². The summed E-state index contributed by atoms with van der Waals surface area (Å²) >= 11 is 0. The molecule has 0 saturated heterocycles. The Balaban J connectivity index is 2.58. The number of nitrogens with zero attached hydrogens (tertiary/aromatic N) is 1. The first-order valence-electron chi connectivity index (χ1n) is 5.23. The van der Waals surface area contributed by atoms with Crippen molar-refractivity contribution < 1.29 is 4.74 Å². The first-order chi connectivity index (χ1) is 7.13. The Hall–Kier alpha value is -1.38. The number of aryl methyl sites for hydroxylation is 1. The molecule has 3 heteroatoms. The topological polar surface area (TPSA) is 46.0 Å². The van der Waals surface area contributed by atoms with Crippen LogP contribution in [0.5, 0.6) is 5.75 Å². The highest BCUT2D eigenvalue weighted by atomic mass is 16.5. The monoisotopic (exact) mass is 206 g/mol. The average Bonchev–Trinajstić information content (AvgIpc) is 2.20. The molecular formula is C12H18N2O. The van der Waals surface area contributed by atoms with Gasteiger partial charge in [-0.05, 0) is 25.3 Å². The van der Waals surface area contributed by atoms with Gasteiger partial charge in [-0.2, -0.15) is 0 Å². The quantitative estimate of drug-likeness (QED) is 0.753. The fourth-order valence-electron chi connectivity index (χ4n) is 1.17. The summed E-state index contributed by atoms with van der Waals surface area (Å²) in [6, 6.07) is 1.86. The molecule has 0 aromatic carbocycles. The van der Waals surface area contributed by atoms with Crippen LogP contribution in [-0.2, 0) is 0 Å². The van der Waals surface area contributed by atoms with Crippen LogP contribution in [0, 0.1) is 18.3 Å². The van der Waals surface area contributed by atoms with E-state index in [2.05, 4.69) is 18.8 Å². The van der Waals surface area contributed by atoms with E-state index in [1.165, 1.54) is 6.21 Å². The Morgan fingerprint density at radius 2 is 2.27 bits per heavy atom. The van der Waals surface area contributed by atoms with Gasteiger partial charge in [0, 0.05) is 17.5 Å². The number of rotatable bonds is 5. The summed E-state index contributed by atoms with van der Waals surface area (Å²) in [5.74, 6) is 1.39. The predicted molar refractivity (Wildman–Crippen MR) is 61.8 cm³/mol. The third-order valence-electron chi connectivity index (χ3n) is 2.22. The Bertz CT molecular complexity index is 334. The molecule has 0 radical (unpaired) electrons.